The number of fused-ring (bicyclic) bond motifs is 2. The Labute approximate surface area is 136 Å². The summed E-state index contributed by atoms with van der Waals surface area (Å²) in [4.78, 5) is 7.01. The van der Waals surface area contributed by atoms with Gasteiger partial charge in [0.2, 0.25) is 0 Å². The third-order valence-electron chi connectivity index (χ3n) is 4.22. The minimum atomic E-state index is 1.04. The van der Waals surface area contributed by atoms with E-state index >= 15 is 0 Å². The van der Waals surface area contributed by atoms with Gasteiger partial charge in [-0.1, -0.05) is 48.5 Å². The lowest BCUT2D eigenvalue weighted by molar-refractivity contribution is 1.14. The summed E-state index contributed by atoms with van der Waals surface area (Å²) in [6.07, 6.45) is 0. The summed E-state index contributed by atoms with van der Waals surface area (Å²) >= 11 is 0. The van der Waals surface area contributed by atoms with Crippen LogP contribution in [0.2, 0.25) is 0 Å². The minimum absolute atomic E-state index is 1.04. The Morgan fingerprint density at radius 2 is 1.48 bits per heavy atom. The van der Waals surface area contributed by atoms with Crippen LogP contribution in [0.1, 0.15) is 0 Å². The van der Waals surface area contributed by atoms with Crippen molar-refractivity contribution in [3.8, 4) is 11.1 Å². The minimum Gasteiger partial charge on any atom is -0.377 e. The molecule has 4 aromatic rings. The quantitative estimate of drug-likeness (QED) is 0.477. The van der Waals surface area contributed by atoms with Crippen LogP contribution in [0.4, 0.5) is 5.69 Å². The number of benzene rings is 3. The largest absolute Gasteiger partial charge is 0.377 e. The van der Waals surface area contributed by atoms with Gasteiger partial charge in [0.15, 0.2) is 0 Å². The van der Waals surface area contributed by atoms with Gasteiger partial charge in [-0.3, -0.25) is 0 Å². The van der Waals surface area contributed by atoms with E-state index in [1.807, 2.05) is 6.07 Å². The molecule has 2 nitrogen and oxygen atoms in total. The van der Waals surface area contributed by atoms with Gasteiger partial charge in [-0.05, 0) is 29.8 Å². The summed E-state index contributed by atoms with van der Waals surface area (Å²) in [6, 6.07) is 25.4. The normalized spacial score (nSPS) is 11.0. The number of para-hydroxylation sites is 1. The second-order valence-corrected chi connectivity index (χ2v) is 5.97. The van der Waals surface area contributed by atoms with Gasteiger partial charge in [-0.2, -0.15) is 0 Å². The first-order valence-corrected chi connectivity index (χ1v) is 7.79. The highest BCUT2D eigenvalue weighted by molar-refractivity contribution is 6.05. The van der Waals surface area contributed by atoms with Crippen LogP contribution in [-0.2, 0) is 0 Å². The van der Waals surface area contributed by atoms with Gasteiger partial charge >= 0.3 is 0 Å². The van der Waals surface area contributed by atoms with Crippen molar-refractivity contribution in [1.29, 1.82) is 0 Å². The van der Waals surface area contributed by atoms with Gasteiger partial charge in [-0.25, -0.2) is 4.98 Å². The number of aromatic nitrogens is 1. The second kappa shape index (κ2) is 5.40. The topological polar surface area (TPSA) is 16.1 Å². The summed E-state index contributed by atoms with van der Waals surface area (Å²) in [5.41, 5.74) is 5.75. The standard InChI is InChI=1S/C21H18N2/c1-23(2)20-13-12-19-17(21(20)15-8-4-3-5-9-15)14-16-10-6-7-11-18(16)22-19/h3-14H,1-2H3. The van der Waals surface area contributed by atoms with E-state index in [1.54, 1.807) is 0 Å². The molecule has 0 radical (unpaired) electrons. The molecule has 0 atom stereocenters. The molecule has 0 aliphatic rings. The van der Waals surface area contributed by atoms with Gasteiger partial charge in [0.05, 0.1) is 11.0 Å². The average molecular weight is 298 g/mol. The fourth-order valence-electron chi connectivity index (χ4n) is 3.12. The molecule has 0 aliphatic carbocycles. The number of nitrogens with zero attached hydrogens (tertiary/aromatic N) is 2. The fourth-order valence-corrected chi connectivity index (χ4v) is 3.12. The van der Waals surface area contributed by atoms with Gasteiger partial charge < -0.3 is 4.90 Å². The molecule has 0 spiro atoms. The molecular weight excluding hydrogens is 280 g/mol. The van der Waals surface area contributed by atoms with Crippen LogP contribution in [0.5, 0.6) is 0 Å². The van der Waals surface area contributed by atoms with Crippen LogP contribution in [0, 0.1) is 0 Å². The molecular formula is C21H18N2. The molecule has 0 saturated heterocycles. The van der Waals surface area contributed by atoms with Crippen LogP contribution in [0.3, 0.4) is 0 Å². The highest BCUT2D eigenvalue weighted by Gasteiger charge is 2.13. The van der Waals surface area contributed by atoms with Gasteiger partial charge in [-0.15, -0.1) is 0 Å². The van der Waals surface area contributed by atoms with E-state index in [0.29, 0.717) is 0 Å². The highest BCUT2D eigenvalue weighted by Crippen LogP contribution is 2.37. The third kappa shape index (κ3) is 2.33. The number of anilines is 1. The van der Waals surface area contributed by atoms with Crippen molar-refractivity contribution in [2.24, 2.45) is 0 Å². The predicted octanol–water partition coefficient (Wildman–Crippen LogP) is 5.12. The van der Waals surface area contributed by atoms with Crippen molar-refractivity contribution < 1.29 is 0 Å². The Morgan fingerprint density at radius 3 is 2.26 bits per heavy atom. The Balaban J connectivity index is 2.14. The smallest absolute Gasteiger partial charge is 0.0717 e. The Kier molecular flexibility index (Phi) is 3.23. The molecule has 0 saturated carbocycles. The molecule has 3 aromatic carbocycles. The lowest BCUT2D eigenvalue weighted by Crippen LogP contribution is -2.10. The monoisotopic (exact) mass is 298 g/mol. The maximum absolute atomic E-state index is 4.85. The van der Waals surface area contributed by atoms with Crippen LogP contribution in [0.15, 0.2) is 72.8 Å². The summed E-state index contributed by atoms with van der Waals surface area (Å²) in [5.74, 6) is 0. The first kappa shape index (κ1) is 13.8. The maximum atomic E-state index is 4.85. The molecule has 23 heavy (non-hydrogen) atoms. The molecule has 0 unspecified atom stereocenters. The summed E-state index contributed by atoms with van der Waals surface area (Å²) < 4.78 is 0. The van der Waals surface area contributed by atoms with E-state index < -0.39 is 0 Å². The molecule has 2 heteroatoms. The summed E-state index contributed by atoms with van der Waals surface area (Å²) in [6.45, 7) is 0. The first-order valence-electron chi connectivity index (χ1n) is 7.79. The van der Waals surface area contributed by atoms with Crippen LogP contribution < -0.4 is 4.90 Å². The van der Waals surface area contributed by atoms with Gasteiger partial charge in [0.25, 0.3) is 0 Å². The lowest BCUT2D eigenvalue weighted by atomic mass is 9.97. The van der Waals surface area contributed by atoms with Crippen molar-refractivity contribution in [3.63, 3.8) is 0 Å². The van der Waals surface area contributed by atoms with Crippen molar-refractivity contribution in [3.05, 3.63) is 72.8 Å². The Hall–Kier alpha value is -2.87. The van der Waals surface area contributed by atoms with Crippen molar-refractivity contribution in [1.82, 2.24) is 4.98 Å². The van der Waals surface area contributed by atoms with E-state index in [1.165, 1.54) is 27.6 Å². The molecule has 112 valence electrons. The zero-order chi connectivity index (χ0) is 15.8. The zero-order valence-corrected chi connectivity index (χ0v) is 13.3. The molecule has 0 fully saturated rings. The molecule has 0 N–H and O–H groups in total. The van der Waals surface area contributed by atoms with Gasteiger partial charge in [0.1, 0.15) is 0 Å². The number of rotatable bonds is 2. The molecule has 0 aliphatic heterocycles. The van der Waals surface area contributed by atoms with E-state index in [2.05, 4.69) is 85.7 Å². The maximum Gasteiger partial charge on any atom is 0.0717 e. The Morgan fingerprint density at radius 1 is 0.739 bits per heavy atom. The molecule has 4 rings (SSSR count). The van der Waals surface area contributed by atoms with E-state index in [4.69, 9.17) is 4.98 Å². The third-order valence-corrected chi connectivity index (χ3v) is 4.22. The number of hydrogen-bond donors (Lipinski definition) is 0. The average Bonchev–Trinajstić information content (AvgIpc) is 2.59. The van der Waals surface area contributed by atoms with E-state index in [0.717, 1.165) is 11.0 Å². The second-order valence-electron chi connectivity index (χ2n) is 5.97. The summed E-state index contributed by atoms with van der Waals surface area (Å²) in [7, 11) is 4.17. The lowest BCUT2D eigenvalue weighted by Gasteiger charge is -2.20. The van der Waals surface area contributed by atoms with Gasteiger partial charge in [0, 0.05) is 36.1 Å². The van der Waals surface area contributed by atoms with E-state index in [-0.39, 0.29) is 0 Å². The van der Waals surface area contributed by atoms with Crippen LogP contribution in [-0.4, -0.2) is 19.1 Å². The van der Waals surface area contributed by atoms with Crippen LogP contribution in [0.25, 0.3) is 32.9 Å². The van der Waals surface area contributed by atoms with Crippen molar-refractivity contribution in [2.75, 3.05) is 19.0 Å². The fraction of sp³-hybridized carbons (Fsp3) is 0.0952. The molecule has 1 aromatic heterocycles. The van der Waals surface area contributed by atoms with Crippen molar-refractivity contribution >= 4 is 27.5 Å². The summed E-state index contributed by atoms with van der Waals surface area (Å²) in [5, 5.41) is 2.37. The SMILES string of the molecule is CN(C)c1ccc2nc3ccccc3cc2c1-c1ccccc1. The molecule has 1 heterocycles. The van der Waals surface area contributed by atoms with Crippen LogP contribution >= 0.6 is 0 Å². The first-order chi connectivity index (χ1) is 11.2. The predicted molar refractivity (Wildman–Crippen MR) is 99.0 cm³/mol. The molecule has 0 amide bonds. The van der Waals surface area contributed by atoms with E-state index in [9.17, 15) is 0 Å². The highest BCUT2D eigenvalue weighted by atomic mass is 15.1. The Bertz CT molecular complexity index is 988. The van der Waals surface area contributed by atoms with Crippen molar-refractivity contribution in [2.45, 2.75) is 0 Å². The number of pyridine rings is 1. The number of hydrogen-bond acceptors (Lipinski definition) is 2. The molecule has 0 bridgehead atoms. The zero-order valence-electron chi connectivity index (χ0n) is 13.3.